The highest BCUT2D eigenvalue weighted by molar-refractivity contribution is 7.78. The number of carbonyl (C=O) groups is 3. The third kappa shape index (κ3) is 10.9. The first-order valence-corrected chi connectivity index (χ1v) is 11.3. The largest absolute Gasteiger partial charge is 0.549 e. The Hall–Kier alpha value is -2.73. The lowest BCUT2D eigenvalue weighted by molar-refractivity contribution is -0.308. The van der Waals surface area contributed by atoms with E-state index in [9.17, 15) is 29.7 Å². The maximum atomic E-state index is 11.2. The highest BCUT2D eigenvalue weighted by Crippen LogP contribution is 2.15. The first-order valence-electron chi connectivity index (χ1n) is 10.9. The number of aliphatic carboxylic acids is 3. The van der Waals surface area contributed by atoms with Crippen LogP contribution in [0.5, 0.6) is 0 Å². The normalized spacial score (nSPS) is 17.8. The van der Waals surface area contributed by atoms with E-state index in [1.54, 1.807) is 20.8 Å². The molecular formula is C22H28N5O6S-3. The lowest BCUT2D eigenvalue weighted by Crippen LogP contribution is -2.51. The molecule has 0 aliphatic carbocycles. The van der Waals surface area contributed by atoms with Crippen molar-refractivity contribution in [3.05, 3.63) is 29.8 Å². The Kier molecular flexibility index (Phi) is 11.7. The molecule has 186 valence electrons. The number of isothiocyanates is 1. The first-order chi connectivity index (χ1) is 16.2. The van der Waals surface area contributed by atoms with E-state index in [2.05, 4.69) is 27.3 Å². The molecule has 1 saturated heterocycles. The third-order valence-corrected chi connectivity index (χ3v) is 5.57. The summed E-state index contributed by atoms with van der Waals surface area (Å²) >= 11 is 4.67. The fourth-order valence-corrected chi connectivity index (χ4v) is 3.90. The van der Waals surface area contributed by atoms with Crippen molar-refractivity contribution >= 4 is 41.0 Å². The molecule has 0 N–H and O–H groups in total. The van der Waals surface area contributed by atoms with Crippen LogP contribution in [0.4, 0.5) is 5.69 Å². The Morgan fingerprint density at radius 1 is 0.765 bits per heavy atom. The van der Waals surface area contributed by atoms with Crippen molar-refractivity contribution < 1.29 is 29.7 Å². The van der Waals surface area contributed by atoms with Gasteiger partial charge in [-0.25, -0.2) is 0 Å². The Balaban J connectivity index is 2.19. The Labute approximate surface area is 203 Å². The van der Waals surface area contributed by atoms with E-state index in [1.807, 2.05) is 18.2 Å². The molecule has 0 radical (unpaired) electrons. The van der Waals surface area contributed by atoms with E-state index in [1.165, 1.54) is 0 Å². The average Bonchev–Trinajstić information content (AvgIpc) is 2.75. The van der Waals surface area contributed by atoms with Crippen LogP contribution in [0.3, 0.4) is 0 Å². The Morgan fingerprint density at radius 2 is 1.18 bits per heavy atom. The second kappa shape index (κ2) is 14.5. The van der Waals surface area contributed by atoms with Gasteiger partial charge in [-0.2, -0.15) is 4.99 Å². The number of thiocarbonyl (C=S) groups is 1. The predicted octanol–water partition coefficient (Wildman–Crippen LogP) is -3.61. The summed E-state index contributed by atoms with van der Waals surface area (Å²) in [6.45, 7) is 2.70. The van der Waals surface area contributed by atoms with Crippen LogP contribution in [0, 0.1) is 0 Å². The van der Waals surface area contributed by atoms with Gasteiger partial charge in [-0.3, -0.25) is 19.6 Å². The van der Waals surface area contributed by atoms with Crippen LogP contribution in [0.1, 0.15) is 5.56 Å². The van der Waals surface area contributed by atoms with Gasteiger partial charge >= 0.3 is 0 Å². The monoisotopic (exact) mass is 490 g/mol. The number of benzene rings is 1. The summed E-state index contributed by atoms with van der Waals surface area (Å²) in [7, 11) is 0. The third-order valence-electron chi connectivity index (χ3n) is 5.48. The summed E-state index contributed by atoms with van der Waals surface area (Å²) in [4.78, 5) is 44.7. The van der Waals surface area contributed by atoms with Crippen LogP contribution in [-0.4, -0.2) is 115 Å². The molecule has 1 aliphatic heterocycles. The van der Waals surface area contributed by atoms with Crippen LogP contribution < -0.4 is 15.3 Å². The van der Waals surface area contributed by atoms with Crippen LogP contribution in [-0.2, 0) is 20.9 Å². The number of nitrogens with zero attached hydrogens (tertiary/aromatic N) is 5. The van der Waals surface area contributed by atoms with Crippen molar-refractivity contribution in [1.82, 2.24) is 19.6 Å². The zero-order valence-corrected chi connectivity index (χ0v) is 19.7. The molecule has 1 aromatic rings. The number of carboxylic acid groups (broad SMARTS) is 3. The molecule has 0 aromatic heterocycles. The van der Waals surface area contributed by atoms with Gasteiger partial charge < -0.3 is 29.7 Å². The van der Waals surface area contributed by atoms with Gasteiger partial charge in [0, 0.05) is 78.5 Å². The maximum Gasteiger partial charge on any atom is 0.0742 e. The molecule has 34 heavy (non-hydrogen) atoms. The van der Waals surface area contributed by atoms with E-state index in [-0.39, 0.29) is 32.7 Å². The predicted molar refractivity (Wildman–Crippen MR) is 121 cm³/mol. The molecule has 0 bridgehead atoms. The van der Waals surface area contributed by atoms with Crippen LogP contribution >= 0.6 is 12.2 Å². The van der Waals surface area contributed by atoms with E-state index < -0.39 is 17.9 Å². The molecule has 0 spiro atoms. The van der Waals surface area contributed by atoms with Crippen molar-refractivity contribution in [1.29, 1.82) is 0 Å². The van der Waals surface area contributed by atoms with Crippen LogP contribution in [0.25, 0.3) is 0 Å². The standard InChI is InChI=1S/C22H31N5O6S/c28-20(29)14-25-6-4-24(13-18-2-1-3-19(12-18)23-17-34)5-7-26(15-21(30)31)9-11-27(10-8-25)16-22(32)33/h1-3,12H,4-11,13-16H2,(H,28,29)(H,30,31)(H,32,33)/p-3. The zero-order chi connectivity index (χ0) is 24.9. The minimum Gasteiger partial charge on any atom is -0.549 e. The van der Waals surface area contributed by atoms with Crippen molar-refractivity contribution in [3.8, 4) is 0 Å². The lowest BCUT2D eigenvalue weighted by atomic mass is 10.2. The molecule has 1 aromatic carbocycles. The molecule has 2 rings (SSSR count). The molecule has 11 nitrogen and oxygen atoms in total. The van der Waals surface area contributed by atoms with Gasteiger partial charge in [-0.15, -0.1) is 0 Å². The summed E-state index contributed by atoms with van der Waals surface area (Å²) in [5, 5.41) is 36.0. The van der Waals surface area contributed by atoms with Crippen molar-refractivity contribution in [2.45, 2.75) is 6.54 Å². The van der Waals surface area contributed by atoms with Gasteiger partial charge in [0.1, 0.15) is 0 Å². The van der Waals surface area contributed by atoms with E-state index >= 15 is 0 Å². The first kappa shape index (κ1) is 27.5. The molecule has 0 saturated carbocycles. The molecule has 0 atom stereocenters. The molecule has 1 heterocycles. The smallest absolute Gasteiger partial charge is 0.0742 e. The summed E-state index contributed by atoms with van der Waals surface area (Å²) in [5.41, 5.74) is 1.64. The number of carboxylic acids is 3. The fraction of sp³-hybridized carbons (Fsp3) is 0.545. The van der Waals surface area contributed by atoms with Gasteiger partial charge in [-0.1, -0.05) is 12.1 Å². The fourth-order valence-electron chi connectivity index (χ4n) is 3.79. The quantitative estimate of drug-likeness (QED) is 0.250. The van der Waals surface area contributed by atoms with Gasteiger partial charge in [0.15, 0.2) is 0 Å². The topological polar surface area (TPSA) is 146 Å². The molecule has 0 unspecified atom stereocenters. The molecular weight excluding hydrogens is 462 g/mol. The summed E-state index contributed by atoms with van der Waals surface area (Å²) in [6, 6.07) is 7.48. The van der Waals surface area contributed by atoms with Crippen LogP contribution in [0.15, 0.2) is 29.3 Å². The minimum atomic E-state index is -1.25. The SMILES string of the molecule is O=C([O-])CN1CCN(CC(=O)[O-])CCN(Cc2cccc(N=C=S)c2)CCN(CC(=O)[O-])CC1. The summed E-state index contributed by atoms with van der Waals surface area (Å²) < 4.78 is 0. The maximum absolute atomic E-state index is 11.2. The number of aliphatic imine (C=N–C) groups is 1. The highest BCUT2D eigenvalue weighted by atomic mass is 32.1. The van der Waals surface area contributed by atoms with Gasteiger partial charge in [-0.05, 0) is 29.9 Å². The minimum absolute atomic E-state index is 0.275. The van der Waals surface area contributed by atoms with E-state index in [0.717, 1.165) is 5.56 Å². The molecule has 1 fully saturated rings. The average molecular weight is 491 g/mol. The summed E-state index contributed by atoms with van der Waals surface area (Å²) in [6.07, 6.45) is 0. The Morgan fingerprint density at radius 3 is 1.56 bits per heavy atom. The van der Waals surface area contributed by atoms with Crippen molar-refractivity contribution in [2.24, 2.45) is 4.99 Å². The van der Waals surface area contributed by atoms with Gasteiger partial charge in [0.05, 0.1) is 28.8 Å². The van der Waals surface area contributed by atoms with Crippen molar-refractivity contribution in [3.63, 3.8) is 0 Å². The lowest BCUT2D eigenvalue weighted by Gasteiger charge is -2.34. The zero-order valence-electron chi connectivity index (χ0n) is 18.9. The molecule has 1 aliphatic rings. The van der Waals surface area contributed by atoms with Gasteiger partial charge in [0.2, 0.25) is 0 Å². The molecule has 0 amide bonds. The number of hydrogen-bond acceptors (Lipinski definition) is 12. The number of carbonyl (C=O) groups excluding carboxylic acids is 3. The summed E-state index contributed by atoms with van der Waals surface area (Å²) in [5.74, 6) is -3.68. The second-order valence-corrected chi connectivity index (χ2v) is 8.28. The second-order valence-electron chi connectivity index (χ2n) is 8.09. The van der Waals surface area contributed by atoms with Gasteiger partial charge in [0.25, 0.3) is 0 Å². The van der Waals surface area contributed by atoms with E-state index in [4.69, 9.17) is 0 Å². The van der Waals surface area contributed by atoms with Crippen LogP contribution in [0.2, 0.25) is 0 Å². The number of hydrogen-bond donors (Lipinski definition) is 0. The van der Waals surface area contributed by atoms with Crippen molar-refractivity contribution in [2.75, 3.05) is 72.0 Å². The highest BCUT2D eigenvalue weighted by Gasteiger charge is 2.17. The number of rotatable bonds is 9. The van der Waals surface area contributed by atoms with E-state index in [0.29, 0.717) is 51.5 Å². The molecule has 12 heteroatoms. The Bertz CT molecular complexity index is 862.